The summed E-state index contributed by atoms with van der Waals surface area (Å²) in [5, 5.41) is 0.737. The maximum Gasteiger partial charge on any atom is 0.0886 e. The van der Waals surface area contributed by atoms with Gasteiger partial charge in [0.05, 0.1) is 11.6 Å². The Labute approximate surface area is 120 Å². The first kappa shape index (κ1) is 14.8. The Morgan fingerprint density at radius 2 is 2.00 bits per heavy atom. The van der Waals surface area contributed by atoms with E-state index in [2.05, 4.69) is 12.3 Å². The number of rotatable bonds is 4. The summed E-state index contributed by atoms with van der Waals surface area (Å²) < 4.78 is 5.89. The van der Waals surface area contributed by atoms with Gasteiger partial charge in [0.2, 0.25) is 0 Å². The number of nitrogens with one attached hydrogen (secondary N) is 1. The van der Waals surface area contributed by atoms with Crippen LogP contribution in [0.4, 0.5) is 0 Å². The van der Waals surface area contributed by atoms with Crippen LogP contribution in [0.15, 0.2) is 24.3 Å². The van der Waals surface area contributed by atoms with E-state index in [-0.39, 0.29) is 11.6 Å². The van der Waals surface area contributed by atoms with Gasteiger partial charge in [0.1, 0.15) is 0 Å². The van der Waals surface area contributed by atoms with Gasteiger partial charge in [-0.3, -0.25) is 11.3 Å². The fraction of sp³-hybridized carbons (Fsp3) is 0.600. The highest BCUT2D eigenvalue weighted by Crippen LogP contribution is 2.43. The number of nitrogens with two attached hydrogens (primary N) is 1. The van der Waals surface area contributed by atoms with Crippen LogP contribution in [0.25, 0.3) is 0 Å². The summed E-state index contributed by atoms with van der Waals surface area (Å²) >= 11 is 6.31. The van der Waals surface area contributed by atoms with E-state index in [0.717, 1.165) is 42.2 Å². The molecule has 0 radical (unpaired) electrons. The first-order chi connectivity index (χ1) is 9.13. The van der Waals surface area contributed by atoms with Gasteiger partial charge in [-0.1, -0.05) is 36.7 Å². The van der Waals surface area contributed by atoms with Crippen molar-refractivity contribution >= 4 is 11.6 Å². The fourth-order valence-corrected chi connectivity index (χ4v) is 3.34. The van der Waals surface area contributed by atoms with Crippen molar-refractivity contribution in [3.05, 3.63) is 34.9 Å². The lowest BCUT2D eigenvalue weighted by atomic mass is 9.73. The molecular formula is C15H23ClN2O. The lowest BCUT2D eigenvalue weighted by Gasteiger charge is -2.44. The summed E-state index contributed by atoms with van der Waals surface area (Å²) in [4.78, 5) is 0. The van der Waals surface area contributed by atoms with Crippen LogP contribution in [0, 0.1) is 5.92 Å². The zero-order chi connectivity index (χ0) is 13.9. The van der Waals surface area contributed by atoms with Gasteiger partial charge in [0, 0.05) is 12.1 Å². The topological polar surface area (TPSA) is 47.3 Å². The van der Waals surface area contributed by atoms with Crippen LogP contribution >= 0.6 is 11.6 Å². The van der Waals surface area contributed by atoms with Gasteiger partial charge in [0.25, 0.3) is 0 Å². The molecule has 1 fully saturated rings. The standard InChI is InChI=1S/C15H23ClN2O/c1-11-7-9-15(19-2,10-8-11)14(18-17)12-5-3-4-6-13(12)16/h3-6,11,14,18H,7-10,17H2,1-2H3. The minimum Gasteiger partial charge on any atom is -0.376 e. The quantitative estimate of drug-likeness (QED) is 0.657. The van der Waals surface area contributed by atoms with Crippen LogP contribution in [0.5, 0.6) is 0 Å². The highest BCUT2D eigenvalue weighted by Gasteiger charge is 2.42. The van der Waals surface area contributed by atoms with Crippen LogP contribution in [0.1, 0.15) is 44.2 Å². The van der Waals surface area contributed by atoms with Crippen molar-refractivity contribution in [2.75, 3.05) is 7.11 Å². The van der Waals surface area contributed by atoms with Crippen molar-refractivity contribution in [2.45, 2.75) is 44.2 Å². The van der Waals surface area contributed by atoms with E-state index in [9.17, 15) is 0 Å². The number of benzene rings is 1. The molecule has 19 heavy (non-hydrogen) atoms. The predicted molar refractivity (Wildman–Crippen MR) is 78.9 cm³/mol. The maximum atomic E-state index is 6.31. The summed E-state index contributed by atoms with van der Waals surface area (Å²) in [5.74, 6) is 6.57. The molecule has 3 N–H and O–H groups in total. The summed E-state index contributed by atoms with van der Waals surface area (Å²) in [5.41, 5.74) is 3.69. The molecule has 2 rings (SSSR count). The minimum absolute atomic E-state index is 0.0706. The third-order valence-electron chi connectivity index (χ3n) is 4.44. The summed E-state index contributed by atoms with van der Waals surface area (Å²) in [7, 11) is 1.77. The molecule has 0 aliphatic heterocycles. The van der Waals surface area contributed by atoms with E-state index in [1.807, 2.05) is 24.3 Å². The molecule has 0 aromatic heterocycles. The van der Waals surface area contributed by atoms with Crippen molar-refractivity contribution in [3.63, 3.8) is 0 Å². The van der Waals surface area contributed by atoms with Gasteiger partial charge < -0.3 is 4.74 Å². The third kappa shape index (κ3) is 2.95. The molecule has 0 spiro atoms. The van der Waals surface area contributed by atoms with Gasteiger partial charge in [-0.15, -0.1) is 0 Å². The molecule has 1 aromatic carbocycles. The van der Waals surface area contributed by atoms with E-state index in [1.165, 1.54) is 0 Å². The Hall–Kier alpha value is -0.610. The zero-order valence-corrected chi connectivity index (χ0v) is 12.4. The molecule has 0 heterocycles. The molecule has 1 unspecified atom stereocenters. The third-order valence-corrected chi connectivity index (χ3v) is 4.78. The summed E-state index contributed by atoms with van der Waals surface area (Å²) in [6.07, 6.45) is 4.34. The Morgan fingerprint density at radius 1 is 1.37 bits per heavy atom. The van der Waals surface area contributed by atoms with Gasteiger partial charge >= 0.3 is 0 Å². The molecule has 3 nitrogen and oxygen atoms in total. The SMILES string of the molecule is COC1(C(NN)c2ccccc2Cl)CCC(C)CC1. The summed E-state index contributed by atoms with van der Waals surface area (Å²) in [6.45, 7) is 2.29. The molecule has 4 heteroatoms. The smallest absolute Gasteiger partial charge is 0.0886 e. The van der Waals surface area contributed by atoms with E-state index in [0.29, 0.717) is 0 Å². The molecule has 1 saturated carbocycles. The van der Waals surface area contributed by atoms with Gasteiger partial charge in [-0.2, -0.15) is 0 Å². The van der Waals surface area contributed by atoms with Gasteiger partial charge in [0.15, 0.2) is 0 Å². The predicted octanol–water partition coefficient (Wildman–Crippen LogP) is 3.44. The Morgan fingerprint density at radius 3 is 2.53 bits per heavy atom. The highest BCUT2D eigenvalue weighted by atomic mass is 35.5. The first-order valence-electron chi connectivity index (χ1n) is 6.88. The maximum absolute atomic E-state index is 6.31. The average Bonchev–Trinajstić information content (AvgIpc) is 2.44. The zero-order valence-electron chi connectivity index (χ0n) is 11.7. The molecule has 1 aliphatic carbocycles. The molecule has 1 aromatic rings. The van der Waals surface area contributed by atoms with Crippen molar-refractivity contribution < 1.29 is 4.74 Å². The number of ether oxygens (including phenoxy) is 1. The molecule has 1 atom stereocenters. The van der Waals surface area contributed by atoms with E-state index in [1.54, 1.807) is 7.11 Å². The second-order valence-corrected chi connectivity index (χ2v) is 5.98. The molecule has 106 valence electrons. The number of hydrogen-bond donors (Lipinski definition) is 2. The molecule has 0 amide bonds. The monoisotopic (exact) mass is 282 g/mol. The van der Waals surface area contributed by atoms with Crippen LogP contribution in [0.3, 0.4) is 0 Å². The van der Waals surface area contributed by atoms with Crippen LogP contribution in [-0.2, 0) is 4.74 Å². The molecular weight excluding hydrogens is 260 g/mol. The highest BCUT2D eigenvalue weighted by molar-refractivity contribution is 6.31. The number of methoxy groups -OCH3 is 1. The summed E-state index contributed by atoms with van der Waals surface area (Å²) in [6, 6.07) is 7.77. The average molecular weight is 283 g/mol. The number of hydrogen-bond acceptors (Lipinski definition) is 3. The second-order valence-electron chi connectivity index (χ2n) is 5.57. The first-order valence-corrected chi connectivity index (χ1v) is 7.26. The largest absolute Gasteiger partial charge is 0.376 e. The van der Waals surface area contributed by atoms with Crippen molar-refractivity contribution in [1.29, 1.82) is 0 Å². The number of hydrazine groups is 1. The van der Waals surface area contributed by atoms with Crippen molar-refractivity contribution in [1.82, 2.24) is 5.43 Å². The minimum atomic E-state index is -0.258. The van der Waals surface area contributed by atoms with Crippen molar-refractivity contribution in [2.24, 2.45) is 11.8 Å². The van der Waals surface area contributed by atoms with Gasteiger partial charge in [-0.05, 0) is 43.2 Å². The Kier molecular flexibility index (Phi) is 4.85. The van der Waals surface area contributed by atoms with Crippen LogP contribution in [0.2, 0.25) is 5.02 Å². The normalized spacial score (nSPS) is 29.2. The van der Waals surface area contributed by atoms with E-state index >= 15 is 0 Å². The lowest BCUT2D eigenvalue weighted by Crippen LogP contribution is -2.50. The van der Waals surface area contributed by atoms with Gasteiger partial charge in [-0.25, -0.2) is 0 Å². The lowest BCUT2D eigenvalue weighted by molar-refractivity contribution is -0.0761. The van der Waals surface area contributed by atoms with E-state index in [4.69, 9.17) is 22.2 Å². The fourth-order valence-electron chi connectivity index (χ4n) is 3.10. The van der Waals surface area contributed by atoms with Crippen molar-refractivity contribution in [3.8, 4) is 0 Å². The Bertz CT molecular complexity index is 416. The second kappa shape index (κ2) is 6.23. The molecule has 0 saturated heterocycles. The molecule has 0 bridgehead atoms. The Balaban J connectivity index is 2.32. The van der Waals surface area contributed by atoms with Crippen LogP contribution in [-0.4, -0.2) is 12.7 Å². The number of halogens is 1. The van der Waals surface area contributed by atoms with E-state index < -0.39 is 0 Å². The van der Waals surface area contributed by atoms with Crippen LogP contribution < -0.4 is 11.3 Å². The molecule has 1 aliphatic rings.